The number of benzene rings is 1. The fourth-order valence-corrected chi connectivity index (χ4v) is 2.06. The third kappa shape index (κ3) is 3.55. The molecule has 1 aromatic carbocycles. The zero-order chi connectivity index (χ0) is 14.0. The molecule has 0 spiro atoms. The lowest BCUT2D eigenvalue weighted by molar-refractivity contribution is -0.117. The van der Waals surface area contributed by atoms with Crippen LogP contribution >= 0.6 is 12.4 Å². The predicted molar refractivity (Wildman–Crippen MR) is 80.9 cm³/mol. The summed E-state index contributed by atoms with van der Waals surface area (Å²) in [6.07, 6.45) is 1.01. The molecule has 112 valence electrons. The molecule has 0 saturated carbocycles. The number of fused-ring (bicyclic) bond motifs is 1. The number of anilines is 1. The zero-order valence-corrected chi connectivity index (χ0v) is 12.8. The van der Waals surface area contributed by atoms with Gasteiger partial charge < -0.3 is 20.5 Å². The molecular formula is C14H21ClN2O3. The molecule has 1 aromatic rings. The van der Waals surface area contributed by atoms with E-state index >= 15 is 0 Å². The monoisotopic (exact) mass is 300 g/mol. The van der Waals surface area contributed by atoms with E-state index in [1.807, 2.05) is 26.0 Å². The lowest BCUT2D eigenvalue weighted by Crippen LogP contribution is -2.32. The van der Waals surface area contributed by atoms with Crippen molar-refractivity contribution < 1.29 is 14.3 Å². The first kappa shape index (κ1) is 16.6. The molecule has 0 saturated heterocycles. The summed E-state index contributed by atoms with van der Waals surface area (Å²) in [7, 11) is 0. The van der Waals surface area contributed by atoms with Crippen LogP contribution in [0.15, 0.2) is 12.1 Å². The Morgan fingerprint density at radius 3 is 2.90 bits per heavy atom. The molecule has 2 atom stereocenters. The molecule has 1 heterocycles. The van der Waals surface area contributed by atoms with Crippen molar-refractivity contribution in [1.29, 1.82) is 0 Å². The zero-order valence-electron chi connectivity index (χ0n) is 11.9. The van der Waals surface area contributed by atoms with Gasteiger partial charge in [-0.15, -0.1) is 12.4 Å². The normalized spacial score (nSPS) is 17.5. The third-order valence-electron chi connectivity index (χ3n) is 2.97. The largest absolute Gasteiger partial charge is 0.492 e. The van der Waals surface area contributed by atoms with Crippen LogP contribution in [0.4, 0.5) is 5.69 Å². The molecule has 0 radical (unpaired) electrons. The fraction of sp³-hybridized carbons (Fsp3) is 0.500. The van der Waals surface area contributed by atoms with Crippen molar-refractivity contribution in [2.24, 2.45) is 5.73 Å². The molecule has 2 rings (SSSR count). The third-order valence-corrected chi connectivity index (χ3v) is 2.97. The van der Waals surface area contributed by atoms with Crippen LogP contribution in [0.2, 0.25) is 0 Å². The molecule has 6 heteroatoms. The lowest BCUT2D eigenvalue weighted by atomic mass is 10.1. The van der Waals surface area contributed by atoms with Gasteiger partial charge in [-0.25, -0.2) is 0 Å². The van der Waals surface area contributed by atoms with Gasteiger partial charge in [0.25, 0.3) is 0 Å². The average molecular weight is 301 g/mol. The first-order chi connectivity index (χ1) is 9.01. The van der Waals surface area contributed by atoms with E-state index in [4.69, 9.17) is 15.2 Å². The summed E-state index contributed by atoms with van der Waals surface area (Å²) in [6.45, 7) is 6.10. The standard InChI is InChI=1S/C14H20N2O3.ClH/c1-4-18-13-6-10-5-8(2)19-12(10)7-11(13)16-14(17)9(3)15;/h6-9H,4-5,15H2,1-3H3,(H,16,17);1H/t8?,9-;/m0./s1. The number of carbonyl (C=O) groups excluding carboxylic acids is 1. The van der Waals surface area contributed by atoms with E-state index in [1.54, 1.807) is 6.92 Å². The summed E-state index contributed by atoms with van der Waals surface area (Å²) in [6, 6.07) is 3.17. The summed E-state index contributed by atoms with van der Waals surface area (Å²) < 4.78 is 11.3. The second kappa shape index (κ2) is 6.81. The van der Waals surface area contributed by atoms with E-state index in [2.05, 4.69) is 5.32 Å². The molecule has 0 aliphatic carbocycles. The molecule has 1 aliphatic heterocycles. The second-order valence-corrected chi connectivity index (χ2v) is 4.80. The van der Waals surface area contributed by atoms with Crippen LogP contribution in [0.1, 0.15) is 26.3 Å². The highest BCUT2D eigenvalue weighted by molar-refractivity contribution is 5.96. The summed E-state index contributed by atoms with van der Waals surface area (Å²) in [4.78, 5) is 11.7. The number of hydrogen-bond donors (Lipinski definition) is 2. The summed E-state index contributed by atoms with van der Waals surface area (Å²) >= 11 is 0. The van der Waals surface area contributed by atoms with Crippen molar-refractivity contribution in [3.05, 3.63) is 17.7 Å². The molecule has 1 amide bonds. The Labute approximate surface area is 125 Å². The first-order valence-corrected chi connectivity index (χ1v) is 6.54. The van der Waals surface area contributed by atoms with E-state index in [9.17, 15) is 4.79 Å². The Kier molecular flexibility index (Phi) is 5.65. The average Bonchev–Trinajstić information content (AvgIpc) is 2.68. The van der Waals surface area contributed by atoms with E-state index in [-0.39, 0.29) is 24.4 Å². The first-order valence-electron chi connectivity index (χ1n) is 6.54. The number of nitrogens with two attached hydrogens (primary N) is 1. The summed E-state index contributed by atoms with van der Waals surface area (Å²) in [5.41, 5.74) is 7.27. The van der Waals surface area contributed by atoms with E-state index in [0.717, 1.165) is 17.7 Å². The number of rotatable bonds is 4. The maximum absolute atomic E-state index is 11.7. The SMILES string of the molecule is CCOc1cc2c(cc1NC(=O)[C@H](C)N)OC(C)C2.Cl. The topological polar surface area (TPSA) is 73.6 Å². The molecule has 20 heavy (non-hydrogen) atoms. The van der Waals surface area contributed by atoms with Crippen LogP contribution in [0.25, 0.3) is 0 Å². The van der Waals surface area contributed by atoms with Crippen molar-refractivity contribution in [3.8, 4) is 11.5 Å². The van der Waals surface area contributed by atoms with Crippen molar-refractivity contribution in [3.63, 3.8) is 0 Å². The maximum Gasteiger partial charge on any atom is 0.241 e. The number of carbonyl (C=O) groups is 1. The quantitative estimate of drug-likeness (QED) is 0.893. The Morgan fingerprint density at radius 2 is 2.30 bits per heavy atom. The molecule has 5 nitrogen and oxygen atoms in total. The predicted octanol–water partition coefficient (Wildman–Crippen LogP) is 2.12. The molecular weight excluding hydrogens is 280 g/mol. The number of ether oxygens (including phenoxy) is 2. The number of hydrogen-bond acceptors (Lipinski definition) is 4. The van der Waals surface area contributed by atoms with Gasteiger partial charge in [0.05, 0.1) is 18.3 Å². The van der Waals surface area contributed by atoms with E-state index in [1.165, 1.54) is 0 Å². The Morgan fingerprint density at radius 1 is 1.60 bits per heavy atom. The molecule has 0 fully saturated rings. The smallest absolute Gasteiger partial charge is 0.241 e. The van der Waals surface area contributed by atoms with Gasteiger partial charge in [0.15, 0.2) is 0 Å². The lowest BCUT2D eigenvalue weighted by Gasteiger charge is -2.14. The van der Waals surface area contributed by atoms with Gasteiger partial charge in [0, 0.05) is 18.1 Å². The van der Waals surface area contributed by atoms with Gasteiger partial charge in [0.1, 0.15) is 17.6 Å². The van der Waals surface area contributed by atoms with Crippen LogP contribution in [0.5, 0.6) is 11.5 Å². The van der Waals surface area contributed by atoms with E-state index in [0.29, 0.717) is 18.0 Å². The highest BCUT2D eigenvalue weighted by Crippen LogP contribution is 2.38. The summed E-state index contributed by atoms with van der Waals surface area (Å²) in [5, 5.41) is 2.77. The Balaban J connectivity index is 0.00000200. The minimum absolute atomic E-state index is 0. The highest BCUT2D eigenvalue weighted by Gasteiger charge is 2.22. The van der Waals surface area contributed by atoms with E-state index < -0.39 is 6.04 Å². The molecule has 0 aromatic heterocycles. The van der Waals surface area contributed by atoms with Gasteiger partial charge in [-0.1, -0.05) is 0 Å². The van der Waals surface area contributed by atoms with Gasteiger partial charge in [-0.2, -0.15) is 0 Å². The minimum atomic E-state index is -0.567. The molecule has 0 bridgehead atoms. The fourth-order valence-electron chi connectivity index (χ4n) is 2.06. The second-order valence-electron chi connectivity index (χ2n) is 4.80. The van der Waals surface area contributed by atoms with Gasteiger partial charge in [-0.3, -0.25) is 4.79 Å². The van der Waals surface area contributed by atoms with Crippen molar-refractivity contribution in [2.75, 3.05) is 11.9 Å². The molecule has 1 aliphatic rings. The number of amides is 1. The molecule has 1 unspecified atom stereocenters. The summed E-state index contributed by atoms with van der Waals surface area (Å²) in [5.74, 6) is 1.22. The Bertz CT molecular complexity index is 492. The van der Waals surface area contributed by atoms with Crippen LogP contribution < -0.4 is 20.5 Å². The van der Waals surface area contributed by atoms with Gasteiger partial charge in [0.2, 0.25) is 5.91 Å². The molecule has 3 N–H and O–H groups in total. The van der Waals surface area contributed by atoms with Gasteiger partial charge >= 0.3 is 0 Å². The maximum atomic E-state index is 11.7. The van der Waals surface area contributed by atoms with Crippen LogP contribution in [-0.2, 0) is 11.2 Å². The highest BCUT2D eigenvalue weighted by atomic mass is 35.5. The number of halogens is 1. The number of nitrogens with one attached hydrogen (secondary N) is 1. The van der Waals surface area contributed by atoms with Crippen LogP contribution in [0, 0.1) is 0 Å². The van der Waals surface area contributed by atoms with Crippen LogP contribution in [-0.4, -0.2) is 24.7 Å². The Hall–Kier alpha value is -1.46. The van der Waals surface area contributed by atoms with Crippen molar-refractivity contribution in [2.45, 2.75) is 39.3 Å². The van der Waals surface area contributed by atoms with Gasteiger partial charge in [-0.05, 0) is 26.8 Å². The minimum Gasteiger partial charge on any atom is -0.492 e. The van der Waals surface area contributed by atoms with Crippen molar-refractivity contribution >= 4 is 24.0 Å². The van der Waals surface area contributed by atoms with Crippen molar-refractivity contribution in [1.82, 2.24) is 0 Å². The van der Waals surface area contributed by atoms with Crippen LogP contribution in [0.3, 0.4) is 0 Å².